The Morgan fingerprint density at radius 3 is 1.68 bits per heavy atom. The summed E-state index contributed by atoms with van der Waals surface area (Å²) in [6.45, 7) is 6.85. The first-order valence-electron chi connectivity index (χ1n) is 7.46. The molecule has 2 rings (SSSR count). The van der Waals surface area contributed by atoms with Gasteiger partial charge < -0.3 is 4.90 Å². The van der Waals surface area contributed by atoms with E-state index in [1.165, 1.54) is 11.4 Å². The number of para-hydroxylation sites is 2. The van der Waals surface area contributed by atoms with Gasteiger partial charge in [-0.2, -0.15) is 0 Å². The quantitative estimate of drug-likeness (QED) is 0.421. The molecule has 22 heavy (non-hydrogen) atoms. The molecule has 114 valence electrons. The maximum Gasteiger partial charge on any atom is 0.141 e. The van der Waals surface area contributed by atoms with Gasteiger partial charge in [0.15, 0.2) is 0 Å². The zero-order valence-electron chi connectivity index (χ0n) is 13.7. The third-order valence-electron chi connectivity index (χ3n) is 3.10. The van der Waals surface area contributed by atoms with Crippen molar-refractivity contribution in [2.24, 2.45) is 0 Å². The van der Waals surface area contributed by atoms with Crippen LogP contribution < -0.4 is 4.90 Å². The van der Waals surface area contributed by atoms with Crippen molar-refractivity contribution < 1.29 is 0 Å². The minimum atomic E-state index is -1.39. The summed E-state index contributed by atoms with van der Waals surface area (Å²) >= 11 is 1.78. The van der Waals surface area contributed by atoms with E-state index in [0.29, 0.717) is 0 Å². The van der Waals surface area contributed by atoms with Crippen molar-refractivity contribution in [3.05, 3.63) is 60.7 Å². The Balaban J connectivity index is 2.45. The standard InChI is InChI=1S/C19H23NSSi/c1-21-19(15-16-22(2,3)4)20(17-11-7-5-8-12-17)18-13-9-6-10-14-18/h5-14,19H,1-4H3. The summed E-state index contributed by atoms with van der Waals surface area (Å²) in [4.78, 5) is 2.32. The third-order valence-corrected chi connectivity index (χ3v) is 4.77. The lowest BCUT2D eigenvalue weighted by atomic mass is 10.2. The molecule has 0 heterocycles. The van der Waals surface area contributed by atoms with Gasteiger partial charge >= 0.3 is 0 Å². The van der Waals surface area contributed by atoms with Crippen molar-refractivity contribution in [1.29, 1.82) is 0 Å². The van der Waals surface area contributed by atoms with Gasteiger partial charge in [-0.1, -0.05) is 62.0 Å². The van der Waals surface area contributed by atoms with Gasteiger partial charge in [0.05, 0.1) is 0 Å². The van der Waals surface area contributed by atoms with E-state index in [1.807, 2.05) is 0 Å². The number of benzene rings is 2. The average molecular weight is 326 g/mol. The molecule has 2 aromatic rings. The summed E-state index contributed by atoms with van der Waals surface area (Å²) in [7, 11) is -1.39. The van der Waals surface area contributed by atoms with E-state index >= 15 is 0 Å². The average Bonchev–Trinajstić information content (AvgIpc) is 2.52. The molecule has 0 fully saturated rings. The molecule has 1 atom stereocenters. The fourth-order valence-corrected chi connectivity index (χ4v) is 3.41. The summed E-state index contributed by atoms with van der Waals surface area (Å²) in [6, 6.07) is 21.0. The predicted molar refractivity (Wildman–Crippen MR) is 103 cm³/mol. The van der Waals surface area contributed by atoms with Gasteiger partial charge in [0.2, 0.25) is 0 Å². The summed E-state index contributed by atoms with van der Waals surface area (Å²) in [5, 5.41) is 0.122. The molecule has 0 spiro atoms. The summed E-state index contributed by atoms with van der Waals surface area (Å²) < 4.78 is 0. The van der Waals surface area contributed by atoms with Crippen LogP contribution in [0.3, 0.4) is 0 Å². The van der Waals surface area contributed by atoms with E-state index in [1.54, 1.807) is 11.8 Å². The fourth-order valence-electron chi connectivity index (χ4n) is 2.10. The molecule has 0 radical (unpaired) electrons. The highest BCUT2D eigenvalue weighted by molar-refractivity contribution is 7.99. The molecule has 3 heteroatoms. The van der Waals surface area contributed by atoms with Crippen LogP contribution in [0, 0.1) is 11.5 Å². The van der Waals surface area contributed by atoms with E-state index in [2.05, 4.69) is 103 Å². The van der Waals surface area contributed by atoms with Crippen LogP contribution in [-0.4, -0.2) is 19.7 Å². The zero-order chi connectivity index (χ0) is 16.0. The number of hydrogen-bond acceptors (Lipinski definition) is 2. The molecule has 0 aromatic heterocycles. The molecule has 0 saturated heterocycles. The minimum absolute atomic E-state index is 0.122. The second kappa shape index (κ2) is 7.58. The molecular formula is C19H23NSSi. The minimum Gasteiger partial charge on any atom is -0.318 e. The summed E-state index contributed by atoms with van der Waals surface area (Å²) in [5.74, 6) is 3.51. The first-order valence-corrected chi connectivity index (χ1v) is 12.2. The van der Waals surface area contributed by atoms with Crippen LogP contribution >= 0.6 is 11.8 Å². The highest BCUT2D eigenvalue weighted by Gasteiger charge is 2.18. The Hall–Kier alpha value is -1.63. The van der Waals surface area contributed by atoms with E-state index in [-0.39, 0.29) is 5.37 Å². The SMILES string of the molecule is CSC(C#C[Si](C)(C)C)N(c1ccccc1)c1ccccc1. The Kier molecular flexibility index (Phi) is 5.76. The number of rotatable bonds is 4. The third kappa shape index (κ3) is 4.69. The van der Waals surface area contributed by atoms with Crippen LogP contribution in [0.25, 0.3) is 0 Å². The molecule has 0 N–H and O–H groups in total. The second-order valence-corrected chi connectivity index (χ2v) is 11.8. The lowest BCUT2D eigenvalue weighted by molar-refractivity contribution is 1.06. The molecule has 2 aromatic carbocycles. The zero-order valence-corrected chi connectivity index (χ0v) is 15.5. The molecule has 0 aliphatic rings. The van der Waals surface area contributed by atoms with Crippen molar-refractivity contribution >= 4 is 31.2 Å². The monoisotopic (exact) mass is 325 g/mol. The Morgan fingerprint density at radius 1 is 0.864 bits per heavy atom. The number of hydrogen-bond donors (Lipinski definition) is 0. The van der Waals surface area contributed by atoms with Gasteiger partial charge in [0, 0.05) is 11.4 Å². The van der Waals surface area contributed by atoms with Crippen molar-refractivity contribution in [3.63, 3.8) is 0 Å². The Morgan fingerprint density at radius 2 is 1.32 bits per heavy atom. The van der Waals surface area contributed by atoms with Crippen LogP contribution in [0.4, 0.5) is 11.4 Å². The molecule has 0 aliphatic carbocycles. The first kappa shape index (κ1) is 16.7. The van der Waals surface area contributed by atoms with E-state index < -0.39 is 8.07 Å². The largest absolute Gasteiger partial charge is 0.318 e. The number of anilines is 2. The number of nitrogens with zero attached hydrogens (tertiary/aromatic N) is 1. The molecule has 0 aliphatic heterocycles. The molecule has 0 amide bonds. The maximum absolute atomic E-state index is 3.52. The van der Waals surface area contributed by atoms with Crippen LogP contribution in [-0.2, 0) is 0 Å². The van der Waals surface area contributed by atoms with Crippen molar-refractivity contribution in [2.45, 2.75) is 25.0 Å². The van der Waals surface area contributed by atoms with Gasteiger partial charge in [-0.15, -0.1) is 17.3 Å². The van der Waals surface area contributed by atoms with Crippen LogP contribution in [0.1, 0.15) is 0 Å². The van der Waals surface area contributed by atoms with E-state index in [4.69, 9.17) is 0 Å². The van der Waals surface area contributed by atoms with Gasteiger partial charge in [0.25, 0.3) is 0 Å². The molecule has 0 bridgehead atoms. The van der Waals surface area contributed by atoms with Crippen molar-refractivity contribution in [1.82, 2.24) is 0 Å². The van der Waals surface area contributed by atoms with Crippen molar-refractivity contribution in [3.8, 4) is 11.5 Å². The Bertz CT molecular complexity index is 598. The topological polar surface area (TPSA) is 3.24 Å². The Labute approximate surface area is 139 Å². The predicted octanol–water partition coefficient (Wildman–Crippen LogP) is 5.39. The summed E-state index contributed by atoms with van der Waals surface area (Å²) in [6.07, 6.45) is 2.13. The van der Waals surface area contributed by atoms with Gasteiger partial charge in [-0.25, -0.2) is 0 Å². The lowest BCUT2D eigenvalue weighted by Gasteiger charge is -2.29. The molecule has 0 saturated carbocycles. The lowest BCUT2D eigenvalue weighted by Crippen LogP contribution is -2.28. The van der Waals surface area contributed by atoms with Gasteiger partial charge in [-0.3, -0.25) is 0 Å². The molecule has 1 unspecified atom stereocenters. The summed E-state index contributed by atoms with van der Waals surface area (Å²) in [5.41, 5.74) is 5.88. The highest BCUT2D eigenvalue weighted by atomic mass is 32.2. The smallest absolute Gasteiger partial charge is 0.141 e. The first-order chi connectivity index (χ1) is 10.5. The van der Waals surface area contributed by atoms with Gasteiger partial charge in [0.1, 0.15) is 13.4 Å². The van der Waals surface area contributed by atoms with Crippen molar-refractivity contribution in [2.75, 3.05) is 11.2 Å². The maximum atomic E-state index is 3.52. The highest BCUT2D eigenvalue weighted by Crippen LogP contribution is 2.30. The normalized spacial score (nSPS) is 12.2. The molecular weight excluding hydrogens is 302 g/mol. The van der Waals surface area contributed by atoms with Crippen LogP contribution in [0.2, 0.25) is 19.6 Å². The van der Waals surface area contributed by atoms with E-state index in [0.717, 1.165) is 0 Å². The second-order valence-electron chi connectivity index (χ2n) is 6.15. The van der Waals surface area contributed by atoms with Crippen LogP contribution in [0.5, 0.6) is 0 Å². The number of thioether (sulfide) groups is 1. The van der Waals surface area contributed by atoms with Crippen LogP contribution in [0.15, 0.2) is 60.7 Å². The molecule has 1 nitrogen and oxygen atoms in total. The van der Waals surface area contributed by atoms with Gasteiger partial charge in [-0.05, 0) is 30.5 Å². The van der Waals surface area contributed by atoms with E-state index in [9.17, 15) is 0 Å². The fraction of sp³-hybridized carbons (Fsp3) is 0.263.